The smallest absolute Gasteiger partial charge is 0.231 e. The Labute approximate surface area is 135 Å². The van der Waals surface area contributed by atoms with E-state index in [2.05, 4.69) is 16.4 Å². The van der Waals surface area contributed by atoms with Crippen LogP contribution in [0.5, 0.6) is 17.2 Å². The number of pyridine rings is 1. The minimum absolute atomic E-state index is 0. The SMILES string of the molecule is COc1cc2c(cc1-c1cnc3c(c1)CNCC3)OCO2.Cl. The normalized spacial score (nSPS) is 15.0. The molecule has 0 unspecified atom stereocenters. The Balaban J connectivity index is 0.00000144. The van der Waals surface area contributed by atoms with Crippen LogP contribution >= 0.6 is 12.4 Å². The molecule has 0 radical (unpaired) electrons. The van der Waals surface area contributed by atoms with Crippen LogP contribution in [-0.2, 0) is 13.0 Å². The highest BCUT2D eigenvalue weighted by atomic mass is 35.5. The number of benzene rings is 1. The van der Waals surface area contributed by atoms with Crippen molar-refractivity contribution in [2.75, 3.05) is 20.4 Å². The molecule has 2 aliphatic heterocycles. The molecule has 116 valence electrons. The molecule has 1 N–H and O–H groups in total. The van der Waals surface area contributed by atoms with Crippen molar-refractivity contribution in [3.8, 4) is 28.4 Å². The van der Waals surface area contributed by atoms with Crippen LogP contribution < -0.4 is 19.5 Å². The maximum absolute atomic E-state index is 5.49. The van der Waals surface area contributed by atoms with Gasteiger partial charge in [-0.05, 0) is 17.7 Å². The van der Waals surface area contributed by atoms with E-state index in [4.69, 9.17) is 14.2 Å². The second-order valence-electron chi connectivity index (χ2n) is 5.16. The van der Waals surface area contributed by atoms with Gasteiger partial charge in [-0.25, -0.2) is 0 Å². The fourth-order valence-corrected chi connectivity index (χ4v) is 2.81. The van der Waals surface area contributed by atoms with Gasteiger partial charge in [0.05, 0.1) is 7.11 Å². The summed E-state index contributed by atoms with van der Waals surface area (Å²) in [4.78, 5) is 4.60. The molecule has 0 atom stereocenters. The zero-order valence-electron chi connectivity index (χ0n) is 12.2. The van der Waals surface area contributed by atoms with Crippen molar-refractivity contribution < 1.29 is 14.2 Å². The van der Waals surface area contributed by atoms with Crippen LogP contribution in [0.1, 0.15) is 11.3 Å². The largest absolute Gasteiger partial charge is 0.496 e. The van der Waals surface area contributed by atoms with Crippen molar-refractivity contribution in [2.45, 2.75) is 13.0 Å². The summed E-state index contributed by atoms with van der Waals surface area (Å²) in [6, 6.07) is 6.00. The monoisotopic (exact) mass is 320 g/mol. The third-order valence-electron chi connectivity index (χ3n) is 3.92. The first kappa shape index (κ1) is 14.9. The number of hydrogen-bond acceptors (Lipinski definition) is 5. The molecule has 2 aliphatic rings. The van der Waals surface area contributed by atoms with E-state index >= 15 is 0 Å². The molecule has 0 saturated heterocycles. The summed E-state index contributed by atoms with van der Waals surface area (Å²) < 4.78 is 16.3. The van der Waals surface area contributed by atoms with Gasteiger partial charge in [0.1, 0.15) is 5.75 Å². The van der Waals surface area contributed by atoms with Gasteiger partial charge in [0.15, 0.2) is 11.5 Å². The molecule has 0 fully saturated rings. The molecular formula is C16H17ClN2O3. The predicted molar refractivity (Wildman–Crippen MR) is 85.0 cm³/mol. The average molecular weight is 321 g/mol. The van der Waals surface area contributed by atoms with Gasteiger partial charge < -0.3 is 19.5 Å². The number of halogens is 1. The maximum atomic E-state index is 5.49. The lowest BCUT2D eigenvalue weighted by atomic mass is 10.00. The van der Waals surface area contributed by atoms with E-state index < -0.39 is 0 Å². The number of aromatic nitrogens is 1. The summed E-state index contributed by atoms with van der Waals surface area (Å²) in [6.45, 7) is 2.12. The topological polar surface area (TPSA) is 52.6 Å². The molecule has 2 aromatic rings. The Morgan fingerprint density at radius 1 is 1.18 bits per heavy atom. The van der Waals surface area contributed by atoms with Crippen molar-refractivity contribution >= 4 is 12.4 Å². The van der Waals surface area contributed by atoms with Crippen molar-refractivity contribution in [2.24, 2.45) is 0 Å². The molecule has 1 aromatic carbocycles. The number of methoxy groups -OCH3 is 1. The van der Waals surface area contributed by atoms with E-state index in [0.29, 0.717) is 0 Å². The van der Waals surface area contributed by atoms with E-state index in [1.54, 1.807) is 7.11 Å². The lowest BCUT2D eigenvalue weighted by Crippen LogP contribution is -2.24. The Kier molecular flexibility index (Phi) is 4.09. The number of fused-ring (bicyclic) bond motifs is 2. The quantitative estimate of drug-likeness (QED) is 0.921. The summed E-state index contributed by atoms with van der Waals surface area (Å²) in [5.74, 6) is 2.25. The zero-order valence-corrected chi connectivity index (χ0v) is 13.0. The van der Waals surface area contributed by atoms with Crippen molar-refractivity contribution in [3.63, 3.8) is 0 Å². The number of hydrogen-bond donors (Lipinski definition) is 1. The second kappa shape index (κ2) is 6.02. The number of ether oxygens (including phenoxy) is 3. The lowest BCUT2D eigenvalue weighted by Gasteiger charge is -2.17. The highest BCUT2D eigenvalue weighted by Crippen LogP contribution is 2.42. The molecule has 0 aliphatic carbocycles. The first-order chi connectivity index (χ1) is 10.3. The summed E-state index contributed by atoms with van der Waals surface area (Å²) >= 11 is 0. The highest BCUT2D eigenvalue weighted by molar-refractivity contribution is 5.85. The minimum Gasteiger partial charge on any atom is -0.496 e. The van der Waals surface area contributed by atoms with E-state index in [1.165, 1.54) is 11.3 Å². The minimum atomic E-state index is 0. The Morgan fingerprint density at radius 3 is 2.82 bits per heavy atom. The molecular weight excluding hydrogens is 304 g/mol. The average Bonchev–Trinajstić information content (AvgIpc) is 3.00. The highest BCUT2D eigenvalue weighted by Gasteiger charge is 2.20. The van der Waals surface area contributed by atoms with Crippen molar-refractivity contribution in [1.82, 2.24) is 10.3 Å². The summed E-state index contributed by atoms with van der Waals surface area (Å²) in [5, 5.41) is 3.37. The molecule has 4 rings (SSSR count). The van der Waals surface area contributed by atoms with E-state index in [1.807, 2.05) is 18.3 Å². The van der Waals surface area contributed by atoms with Crippen LogP contribution in [0.3, 0.4) is 0 Å². The third-order valence-corrected chi connectivity index (χ3v) is 3.92. The number of nitrogens with one attached hydrogen (secondary N) is 1. The van der Waals surface area contributed by atoms with E-state index in [-0.39, 0.29) is 19.2 Å². The fourth-order valence-electron chi connectivity index (χ4n) is 2.81. The molecule has 0 amide bonds. The van der Waals surface area contributed by atoms with Gasteiger partial charge in [0.25, 0.3) is 0 Å². The van der Waals surface area contributed by atoms with E-state index in [0.717, 1.165) is 47.9 Å². The van der Waals surface area contributed by atoms with Gasteiger partial charge in [0.2, 0.25) is 6.79 Å². The predicted octanol–water partition coefficient (Wildman–Crippen LogP) is 2.55. The molecule has 0 saturated carbocycles. The first-order valence-electron chi connectivity index (χ1n) is 7.01. The summed E-state index contributed by atoms with van der Waals surface area (Å²) in [6.07, 6.45) is 2.89. The Morgan fingerprint density at radius 2 is 2.00 bits per heavy atom. The van der Waals surface area contributed by atoms with Crippen LogP contribution in [0.2, 0.25) is 0 Å². The number of rotatable bonds is 2. The molecule has 0 spiro atoms. The van der Waals surface area contributed by atoms with Crippen LogP contribution in [0.4, 0.5) is 0 Å². The maximum Gasteiger partial charge on any atom is 0.231 e. The van der Waals surface area contributed by atoms with Crippen LogP contribution in [0.15, 0.2) is 24.4 Å². The van der Waals surface area contributed by atoms with Crippen LogP contribution in [-0.4, -0.2) is 25.4 Å². The van der Waals surface area contributed by atoms with Gasteiger partial charge in [0, 0.05) is 48.6 Å². The molecule has 3 heterocycles. The van der Waals surface area contributed by atoms with Crippen molar-refractivity contribution in [3.05, 3.63) is 35.7 Å². The second-order valence-corrected chi connectivity index (χ2v) is 5.16. The standard InChI is InChI=1S/C16H16N2O3.ClH/c1-19-14-6-16-15(20-9-21-16)5-12(14)10-4-11-7-17-3-2-13(11)18-8-10;/h4-6,8,17H,2-3,7,9H2,1H3;1H. The summed E-state index contributed by atoms with van der Waals surface area (Å²) in [7, 11) is 1.66. The Bertz CT molecular complexity index is 706. The third kappa shape index (κ3) is 2.46. The van der Waals surface area contributed by atoms with Gasteiger partial charge in [-0.1, -0.05) is 0 Å². The molecule has 5 nitrogen and oxygen atoms in total. The lowest BCUT2D eigenvalue weighted by molar-refractivity contribution is 0.174. The van der Waals surface area contributed by atoms with Gasteiger partial charge >= 0.3 is 0 Å². The van der Waals surface area contributed by atoms with Gasteiger partial charge in [-0.3, -0.25) is 4.98 Å². The molecule has 22 heavy (non-hydrogen) atoms. The zero-order chi connectivity index (χ0) is 14.2. The first-order valence-corrected chi connectivity index (χ1v) is 7.01. The van der Waals surface area contributed by atoms with Crippen LogP contribution in [0, 0.1) is 0 Å². The molecule has 0 bridgehead atoms. The van der Waals surface area contributed by atoms with Crippen molar-refractivity contribution in [1.29, 1.82) is 0 Å². The van der Waals surface area contributed by atoms with Crippen LogP contribution in [0.25, 0.3) is 11.1 Å². The fraction of sp³-hybridized carbons (Fsp3) is 0.312. The Hall–Kier alpha value is -1.98. The van der Waals surface area contributed by atoms with Gasteiger partial charge in [-0.2, -0.15) is 0 Å². The molecule has 1 aromatic heterocycles. The van der Waals surface area contributed by atoms with Gasteiger partial charge in [-0.15, -0.1) is 12.4 Å². The number of nitrogens with zero attached hydrogens (tertiary/aromatic N) is 1. The van der Waals surface area contributed by atoms with E-state index in [9.17, 15) is 0 Å². The summed E-state index contributed by atoms with van der Waals surface area (Å²) in [5.41, 5.74) is 4.44. The molecule has 6 heteroatoms.